The van der Waals surface area contributed by atoms with Crippen molar-refractivity contribution in [1.29, 1.82) is 0 Å². The van der Waals surface area contributed by atoms with E-state index in [1.807, 2.05) is 6.07 Å². The molecule has 3 heterocycles. The highest BCUT2D eigenvalue weighted by Gasteiger charge is 2.46. The van der Waals surface area contributed by atoms with E-state index in [1.54, 1.807) is 12.1 Å². The minimum atomic E-state index is -0.933. The lowest BCUT2D eigenvalue weighted by atomic mass is 9.87. The Morgan fingerprint density at radius 1 is 1.07 bits per heavy atom. The van der Waals surface area contributed by atoms with Gasteiger partial charge >= 0.3 is 0 Å². The molecule has 0 aromatic heterocycles. The topological polar surface area (TPSA) is 113 Å². The summed E-state index contributed by atoms with van der Waals surface area (Å²) in [5.74, 6) is -1.25. The molecule has 4 amide bonds. The molecule has 1 saturated carbocycles. The van der Waals surface area contributed by atoms with Gasteiger partial charge in [0.2, 0.25) is 11.8 Å². The highest BCUT2D eigenvalue weighted by Crippen LogP contribution is 2.37. The highest BCUT2D eigenvalue weighted by atomic mass is 16.2. The van der Waals surface area contributed by atoms with Crippen LogP contribution in [-0.2, 0) is 16.1 Å². The summed E-state index contributed by atoms with van der Waals surface area (Å²) in [7, 11) is 0. The Morgan fingerprint density at radius 3 is 2.69 bits per heavy atom. The third-order valence-electron chi connectivity index (χ3n) is 6.75. The number of imide groups is 2. The van der Waals surface area contributed by atoms with Gasteiger partial charge < -0.3 is 5.73 Å². The van der Waals surface area contributed by atoms with Crippen molar-refractivity contribution in [2.45, 2.75) is 56.8 Å². The molecule has 3 fully saturated rings. The van der Waals surface area contributed by atoms with Crippen molar-refractivity contribution in [2.75, 3.05) is 6.54 Å². The lowest BCUT2D eigenvalue weighted by molar-refractivity contribution is -0.136. The maximum absolute atomic E-state index is 13.2. The van der Waals surface area contributed by atoms with E-state index in [0.29, 0.717) is 29.6 Å². The average Bonchev–Trinajstić information content (AvgIpc) is 3.09. The summed E-state index contributed by atoms with van der Waals surface area (Å²) in [6.07, 6.45) is 3.42. The largest absolute Gasteiger partial charge is 0.328 e. The first-order valence-electron chi connectivity index (χ1n) is 10.3. The van der Waals surface area contributed by atoms with Crippen LogP contribution in [0.15, 0.2) is 18.2 Å². The van der Waals surface area contributed by atoms with E-state index >= 15 is 0 Å². The van der Waals surface area contributed by atoms with Crippen molar-refractivity contribution in [1.82, 2.24) is 15.1 Å². The van der Waals surface area contributed by atoms with Crippen molar-refractivity contribution >= 4 is 23.6 Å². The molecule has 2 saturated heterocycles. The highest BCUT2D eigenvalue weighted by molar-refractivity contribution is 6.24. The number of fused-ring (bicyclic) bond motifs is 3. The summed E-state index contributed by atoms with van der Waals surface area (Å²) in [5.41, 5.74) is 7.73. The molecule has 8 heteroatoms. The Kier molecular flexibility index (Phi) is 4.29. The molecule has 1 aliphatic carbocycles. The number of carbonyl (C=O) groups excluding carboxylic acids is 4. The van der Waals surface area contributed by atoms with Gasteiger partial charge in [-0.1, -0.05) is 12.1 Å². The molecule has 4 aliphatic rings. The smallest absolute Gasteiger partial charge is 0.262 e. The zero-order valence-corrected chi connectivity index (χ0v) is 16.1. The van der Waals surface area contributed by atoms with Crippen LogP contribution < -0.4 is 11.1 Å². The van der Waals surface area contributed by atoms with Gasteiger partial charge in [-0.05, 0) is 43.2 Å². The monoisotopic (exact) mass is 396 g/mol. The molecule has 3 N–H and O–H groups in total. The molecule has 1 unspecified atom stereocenters. The zero-order chi connectivity index (χ0) is 20.3. The molecule has 3 aliphatic heterocycles. The molecule has 152 valence electrons. The second kappa shape index (κ2) is 6.74. The van der Waals surface area contributed by atoms with Crippen LogP contribution in [0.2, 0.25) is 0 Å². The van der Waals surface area contributed by atoms with Crippen LogP contribution in [0.1, 0.15) is 58.4 Å². The number of rotatable bonds is 3. The Labute approximate surface area is 168 Å². The molecular weight excluding hydrogens is 372 g/mol. The number of nitrogens with zero attached hydrogens (tertiary/aromatic N) is 2. The number of carbonyl (C=O) groups is 4. The van der Waals surface area contributed by atoms with Crippen LogP contribution in [0, 0.1) is 5.92 Å². The molecule has 5 rings (SSSR count). The molecule has 0 spiro atoms. The quantitative estimate of drug-likeness (QED) is 0.715. The molecule has 8 nitrogen and oxygen atoms in total. The summed E-state index contributed by atoms with van der Waals surface area (Å²) in [5, 5.41) is 2.23. The number of likely N-dealkylation sites (tertiary alicyclic amines) is 1. The van der Waals surface area contributed by atoms with E-state index < -0.39 is 23.8 Å². The number of benzene rings is 1. The van der Waals surface area contributed by atoms with Crippen molar-refractivity contribution in [3.05, 3.63) is 34.9 Å². The van der Waals surface area contributed by atoms with Gasteiger partial charge in [0.25, 0.3) is 11.8 Å². The summed E-state index contributed by atoms with van der Waals surface area (Å²) in [4.78, 5) is 53.3. The summed E-state index contributed by atoms with van der Waals surface area (Å²) in [6.45, 7) is 1.56. The molecule has 1 aromatic carbocycles. The Balaban J connectivity index is 1.42. The molecular formula is C21H24N4O4. The van der Waals surface area contributed by atoms with Gasteiger partial charge in [0, 0.05) is 31.6 Å². The van der Waals surface area contributed by atoms with Crippen molar-refractivity contribution in [2.24, 2.45) is 11.7 Å². The molecule has 1 aromatic rings. The molecule has 29 heavy (non-hydrogen) atoms. The number of nitrogens with two attached hydrogens (primary N) is 1. The first-order chi connectivity index (χ1) is 13.9. The van der Waals surface area contributed by atoms with E-state index in [0.717, 1.165) is 36.3 Å². The Hall–Kier alpha value is -2.58. The maximum atomic E-state index is 13.2. The SMILES string of the molecule is N[C@@H]1C[C@H]2C[C@@H](C1)N(Cc1cccc3c1C(=O)N(C1CCC(=O)NC1=O)C3=O)C2. The zero-order valence-electron chi connectivity index (χ0n) is 16.1. The van der Waals surface area contributed by atoms with Gasteiger partial charge in [0.05, 0.1) is 11.1 Å². The second-order valence-corrected chi connectivity index (χ2v) is 8.70. The predicted octanol–water partition coefficient (Wildman–Crippen LogP) is 0.399. The third-order valence-corrected chi connectivity index (χ3v) is 6.75. The van der Waals surface area contributed by atoms with Gasteiger partial charge in [-0.15, -0.1) is 0 Å². The van der Waals surface area contributed by atoms with E-state index in [2.05, 4.69) is 10.2 Å². The van der Waals surface area contributed by atoms with E-state index in [4.69, 9.17) is 5.73 Å². The van der Waals surface area contributed by atoms with Crippen LogP contribution in [0.3, 0.4) is 0 Å². The van der Waals surface area contributed by atoms with Crippen molar-refractivity contribution in [3.63, 3.8) is 0 Å². The summed E-state index contributed by atoms with van der Waals surface area (Å²) < 4.78 is 0. The Bertz CT molecular complexity index is 929. The van der Waals surface area contributed by atoms with E-state index in [9.17, 15) is 19.2 Å². The second-order valence-electron chi connectivity index (χ2n) is 8.70. The molecule has 0 radical (unpaired) electrons. The van der Waals surface area contributed by atoms with Crippen LogP contribution in [-0.4, -0.2) is 58.1 Å². The number of hydrogen-bond donors (Lipinski definition) is 2. The van der Waals surface area contributed by atoms with Gasteiger partial charge in [0.15, 0.2) is 0 Å². The standard InChI is InChI=1S/C21H24N4O4/c22-13-6-11-7-14(8-13)24(9-11)10-12-2-1-3-15-18(12)21(29)25(20(15)28)16-4-5-17(26)23-19(16)27/h1-3,11,13-14,16H,4-10,22H2,(H,23,26,27)/t11-,13+,14-,16?/m0/s1. The van der Waals surface area contributed by atoms with Crippen LogP contribution in [0.4, 0.5) is 0 Å². The number of amides is 4. The van der Waals surface area contributed by atoms with Crippen LogP contribution in [0.25, 0.3) is 0 Å². The van der Waals surface area contributed by atoms with Crippen LogP contribution in [0.5, 0.6) is 0 Å². The summed E-state index contributed by atoms with van der Waals surface area (Å²) >= 11 is 0. The minimum absolute atomic E-state index is 0.119. The maximum Gasteiger partial charge on any atom is 0.262 e. The lowest BCUT2D eigenvalue weighted by Crippen LogP contribution is -2.54. The molecule has 2 bridgehead atoms. The van der Waals surface area contributed by atoms with Gasteiger partial charge in [-0.2, -0.15) is 0 Å². The first-order valence-corrected chi connectivity index (χ1v) is 10.3. The van der Waals surface area contributed by atoms with Crippen molar-refractivity contribution < 1.29 is 19.2 Å². The molecule has 4 atom stereocenters. The number of piperidine rings is 1. The fourth-order valence-corrected chi connectivity index (χ4v) is 5.51. The average molecular weight is 396 g/mol. The van der Waals surface area contributed by atoms with Gasteiger partial charge in [-0.25, -0.2) is 0 Å². The first kappa shape index (κ1) is 18.4. The normalized spacial score (nSPS) is 32.0. The number of nitrogens with one attached hydrogen (secondary N) is 1. The van der Waals surface area contributed by atoms with E-state index in [-0.39, 0.29) is 24.8 Å². The third kappa shape index (κ3) is 2.98. The predicted molar refractivity (Wildman–Crippen MR) is 103 cm³/mol. The minimum Gasteiger partial charge on any atom is -0.328 e. The fourth-order valence-electron chi connectivity index (χ4n) is 5.51. The van der Waals surface area contributed by atoms with Gasteiger partial charge in [-0.3, -0.25) is 34.3 Å². The number of hydrogen-bond acceptors (Lipinski definition) is 6. The van der Waals surface area contributed by atoms with Crippen molar-refractivity contribution in [3.8, 4) is 0 Å². The van der Waals surface area contributed by atoms with Crippen LogP contribution >= 0.6 is 0 Å². The van der Waals surface area contributed by atoms with E-state index in [1.165, 1.54) is 0 Å². The van der Waals surface area contributed by atoms with Gasteiger partial charge in [0.1, 0.15) is 6.04 Å². The Morgan fingerprint density at radius 2 is 1.90 bits per heavy atom. The fraction of sp³-hybridized carbons (Fsp3) is 0.524. The summed E-state index contributed by atoms with van der Waals surface area (Å²) in [6, 6.07) is 5.04. The lowest BCUT2D eigenvalue weighted by Gasteiger charge is -2.28.